The van der Waals surface area contributed by atoms with Crippen LogP contribution in [0, 0.1) is 11.8 Å². The molecule has 0 fully saturated rings. The van der Waals surface area contributed by atoms with E-state index in [1.54, 1.807) is 0 Å². The molecule has 2 rings (SSSR count). The Balaban J connectivity index is 2.07. The number of nitrogens with zero attached hydrogens (tertiary/aromatic N) is 1. The average Bonchev–Trinajstić information content (AvgIpc) is 2.49. The second kappa shape index (κ2) is 7.37. The molecule has 2 aromatic rings. The van der Waals surface area contributed by atoms with Gasteiger partial charge in [0, 0.05) is 31.3 Å². The first kappa shape index (κ1) is 14.2. The van der Waals surface area contributed by atoms with E-state index < -0.39 is 0 Å². The lowest BCUT2D eigenvalue weighted by molar-refractivity contribution is 0.305. The Morgan fingerprint density at radius 3 is 2.60 bits per heavy atom. The van der Waals surface area contributed by atoms with Gasteiger partial charge in [-0.15, -0.1) is 0 Å². The summed E-state index contributed by atoms with van der Waals surface area (Å²) in [4.78, 5) is 2.21. The maximum atomic E-state index is 8.73. The summed E-state index contributed by atoms with van der Waals surface area (Å²) >= 11 is 0. The summed E-state index contributed by atoms with van der Waals surface area (Å²) in [6.07, 6.45) is 0.522. The van der Waals surface area contributed by atoms with E-state index in [1.165, 1.54) is 11.3 Å². The minimum atomic E-state index is 0.115. The summed E-state index contributed by atoms with van der Waals surface area (Å²) in [7, 11) is 2.08. The molecule has 0 saturated heterocycles. The number of para-hydroxylation sites is 1. The minimum absolute atomic E-state index is 0.115. The molecular formula is C18H19NO. The van der Waals surface area contributed by atoms with Gasteiger partial charge in [0.25, 0.3) is 0 Å². The molecule has 1 N–H and O–H groups in total. The molecule has 2 aromatic carbocycles. The van der Waals surface area contributed by atoms with E-state index in [0.29, 0.717) is 6.42 Å². The molecule has 0 saturated carbocycles. The Bertz CT molecular complexity index is 596. The molecule has 0 aliphatic heterocycles. The molecule has 0 aliphatic carbocycles. The van der Waals surface area contributed by atoms with Crippen LogP contribution in [0.5, 0.6) is 0 Å². The molecule has 102 valence electrons. The molecule has 0 atom stereocenters. The first-order chi connectivity index (χ1) is 9.79. The van der Waals surface area contributed by atoms with E-state index in [9.17, 15) is 0 Å². The van der Waals surface area contributed by atoms with Gasteiger partial charge in [-0.05, 0) is 29.8 Å². The van der Waals surface area contributed by atoms with Gasteiger partial charge in [-0.1, -0.05) is 42.2 Å². The lowest BCUT2D eigenvalue weighted by Crippen LogP contribution is -2.16. The highest BCUT2D eigenvalue weighted by Crippen LogP contribution is 2.15. The highest BCUT2D eigenvalue weighted by Gasteiger charge is 2.01. The smallest absolute Gasteiger partial charge is 0.0540 e. The fourth-order valence-corrected chi connectivity index (χ4v) is 2.02. The number of aliphatic hydroxyl groups excluding tert-OH is 1. The second-order valence-corrected chi connectivity index (χ2v) is 4.67. The standard InChI is InChI=1S/C18H19NO/c1-19(18-11-3-2-4-12-18)15-17-10-7-9-16(14-17)8-5-6-13-20/h2-4,7,9-12,14,20H,6,13,15H2,1H3. The predicted octanol–water partition coefficient (Wildman–Crippen LogP) is 3.06. The van der Waals surface area contributed by atoms with Crippen molar-refractivity contribution in [1.29, 1.82) is 0 Å². The zero-order valence-corrected chi connectivity index (χ0v) is 11.7. The second-order valence-electron chi connectivity index (χ2n) is 4.67. The SMILES string of the molecule is CN(Cc1cccc(C#CCCO)c1)c1ccccc1. The van der Waals surface area contributed by atoms with Crippen LogP contribution < -0.4 is 4.90 Å². The first-order valence-corrected chi connectivity index (χ1v) is 6.74. The lowest BCUT2D eigenvalue weighted by Gasteiger charge is -2.19. The molecule has 0 radical (unpaired) electrons. The van der Waals surface area contributed by atoms with Gasteiger partial charge in [0.15, 0.2) is 0 Å². The molecule has 2 nitrogen and oxygen atoms in total. The van der Waals surface area contributed by atoms with Gasteiger partial charge >= 0.3 is 0 Å². The van der Waals surface area contributed by atoms with Crippen LogP contribution in [0.3, 0.4) is 0 Å². The fourth-order valence-electron chi connectivity index (χ4n) is 2.02. The molecule has 0 bridgehead atoms. The summed E-state index contributed by atoms with van der Waals surface area (Å²) in [6, 6.07) is 18.5. The quantitative estimate of drug-likeness (QED) is 0.859. The Labute approximate surface area is 120 Å². The van der Waals surface area contributed by atoms with Crippen molar-refractivity contribution in [2.45, 2.75) is 13.0 Å². The van der Waals surface area contributed by atoms with Crippen LogP contribution in [0.4, 0.5) is 5.69 Å². The maximum Gasteiger partial charge on any atom is 0.0540 e. The molecule has 0 spiro atoms. The summed E-state index contributed by atoms with van der Waals surface area (Å²) < 4.78 is 0. The lowest BCUT2D eigenvalue weighted by atomic mass is 10.1. The van der Waals surface area contributed by atoms with Gasteiger partial charge in [0.2, 0.25) is 0 Å². The van der Waals surface area contributed by atoms with Gasteiger partial charge in [-0.3, -0.25) is 0 Å². The van der Waals surface area contributed by atoms with Crippen molar-refractivity contribution in [2.75, 3.05) is 18.6 Å². The Kier molecular flexibility index (Phi) is 5.23. The zero-order valence-electron chi connectivity index (χ0n) is 11.7. The molecule has 2 heteroatoms. The van der Waals surface area contributed by atoms with Crippen molar-refractivity contribution >= 4 is 5.69 Å². The molecule has 0 unspecified atom stereocenters. The van der Waals surface area contributed by atoms with Gasteiger partial charge < -0.3 is 10.0 Å². The molecule has 0 aromatic heterocycles. The number of hydrogen-bond acceptors (Lipinski definition) is 2. The number of hydrogen-bond donors (Lipinski definition) is 1. The van der Waals surface area contributed by atoms with Gasteiger partial charge in [-0.25, -0.2) is 0 Å². The maximum absolute atomic E-state index is 8.73. The third kappa shape index (κ3) is 4.15. The summed E-state index contributed by atoms with van der Waals surface area (Å²) in [6.45, 7) is 0.961. The molecule has 0 amide bonds. The van der Waals surface area contributed by atoms with Crippen molar-refractivity contribution in [3.63, 3.8) is 0 Å². The molecule has 0 heterocycles. The highest BCUT2D eigenvalue weighted by molar-refractivity contribution is 5.46. The van der Waals surface area contributed by atoms with E-state index in [1.807, 2.05) is 30.3 Å². The fraction of sp³-hybridized carbons (Fsp3) is 0.222. The van der Waals surface area contributed by atoms with Crippen LogP contribution in [0.25, 0.3) is 0 Å². The average molecular weight is 265 g/mol. The van der Waals surface area contributed by atoms with E-state index in [4.69, 9.17) is 5.11 Å². The van der Waals surface area contributed by atoms with Crippen LogP contribution >= 0.6 is 0 Å². The van der Waals surface area contributed by atoms with Crippen molar-refractivity contribution in [3.8, 4) is 11.8 Å². The third-order valence-electron chi connectivity index (χ3n) is 3.01. The van der Waals surface area contributed by atoms with Crippen molar-refractivity contribution in [2.24, 2.45) is 0 Å². The first-order valence-electron chi connectivity index (χ1n) is 6.74. The summed E-state index contributed by atoms with van der Waals surface area (Å²) in [5.74, 6) is 6.02. The van der Waals surface area contributed by atoms with Crippen LogP contribution in [0.1, 0.15) is 17.5 Å². The van der Waals surface area contributed by atoms with E-state index >= 15 is 0 Å². The summed E-state index contributed by atoms with van der Waals surface area (Å²) in [5, 5.41) is 8.73. The Morgan fingerprint density at radius 1 is 1.05 bits per heavy atom. The van der Waals surface area contributed by atoms with Crippen molar-refractivity contribution < 1.29 is 5.11 Å². The van der Waals surface area contributed by atoms with Crippen LogP contribution in [0.15, 0.2) is 54.6 Å². The third-order valence-corrected chi connectivity index (χ3v) is 3.01. The van der Waals surface area contributed by atoms with Crippen LogP contribution in [-0.4, -0.2) is 18.8 Å². The highest BCUT2D eigenvalue weighted by atomic mass is 16.2. The largest absolute Gasteiger partial charge is 0.395 e. The topological polar surface area (TPSA) is 23.5 Å². The normalized spacial score (nSPS) is 9.70. The van der Waals surface area contributed by atoms with E-state index in [0.717, 1.165) is 12.1 Å². The molecule has 20 heavy (non-hydrogen) atoms. The minimum Gasteiger partial charge on any atom is -0.395 e. The number of rotatable bonds is 4. The van der Waals surface area contributed by atoms with Crippen molar-refractivity contribution in [1.82, 2.24) is 0 Å². The van der Waals surface area contributed by atoms with Gasteiger partial charge in [-0.2, -0.15) is 0 Å². The number of aliphatic hydroxyl groups is 1. The monoisotopic (exact) mass is 265 g/mol. The van der Waals surface area contributed by atoms with Crippen LogP contribution in [0.2, 0.25) is 0 Å². The van der Waals surface area contributed by atoms with Gasteiger partial charge in [0.1, 0.15) is 0 Å². The number of benzene rings is 2. The number of anilines is 1. The van der Waals surface area contributed by atoms with Gasteiger partial charge in [0.05, 0.1) is 6.61 Å². The van der Waals surface area contributed by atoms with Crippen LogP contribution in [-0.2, 0) is 6.54 Å². The summed E-state index contributed by atoms with van der Waals surface area (Å²) in [5.41, 5.74) is 3.42. The molecular weight excluding hydrogens is 246 g/mol. The van der Waals surface area contributed by atoms with E-state index in [-0.39, 0.29) is 6.61 Å². The molecule has 0 aliphatic rings. The van der Waals surface area contributed by atoms with Crippen molar-refractivity contribution in [3.05, 3.63) is 65.7 Å². The predicted molar refractivity (Wildman–Crippen MR) is 83.6 cm³/mol. The Hall–Kier alpha value is -2.24. The zero-order chi connectivity index (χ0) is 14.2. The Morgan fingerprint density at radius 2 is 1.85 bits per heavy atom. The van der Waals surface area contributed by atoms with E-state index in [2.05, 4.69) is 48.1 Å².